The van der Waals surface area contributed by atoms with Crippen LogP contribution in [-0.2, 0) is 6.42 Å². The number of carbonyl (C=O) groups excluding carboxylic acids is 1. The van der Waals surface area contributed by atoms with Gasteiger partial charge in [-0.25, -0.2) is 0 Å². The molecule has 1 aliphatic carbocycles. The zero-order valence-corrected chi connectivity index (χ0v) is 13.6. The Kier molecular flexibility index (Phi) is 5.15. The summed E-state index contributed by atoms with van der Waals surface area (Å²) in [6, 6.07) is 6.34. The van der Waals surface area contributed by atoms with Crippen molar-refractivity contribution in [1.82, 2.24) is 5.32 Å². The smallest absolute Gasteiger partial charge is 0.251 e. The molecule has 4 heteroatoms. The first-order valence-corrected chi connectivity index (χ1v) is 7.81. The molecule has 1 aliphatic heterocycles. The van der Waals surface area contributed by atoms with Gasteiger partial charge < -0.3 is 10.6 Å². The molecule has 0 spiro atoms. The number of rotatable bonds is 2. The van der Waals surface area contributed by atoms with Crippen molar-refractivity contribution in [3.63, 3.8) is 0 Å². The van der Waals surface area contributed by atoms with E-state index in [2.05, 4.69) is 24.5 Å². The molecule has 0 radical (unpaired) electrons. The Morgan fingerprint density at radius 2 is 2.10 bits per heavy atom. The summed E-state index contributed by atoms with van der Waals surface area (Å²) >= 11 is 0. The molecule has 0 saturated heterocycles. The van der Waals surface area contributed by atoms with Gasteiger partial charge in [-0.1, -0.05) is 13.8 Å². The van der Waals surface area contributed by atoms with E-state index >= 15 is 0 Å². The van der Waals surface area contributed by atoms with Gasteiger partial charge in [0, 0.05) is 23.8 Å². The number of benzene rings is 1. The van der Waals surface area contributed by atoms with Crippen molar-refractivity contribution >= 4 is 24.0 Å². The minimum Gasteiger partial charge on any atom is -0.384 e. The molecule has 2 N–H and O–H groups in total. The highest BCUT2D eigenvalue weighted by Gasteiger charge is 2.27. The number of carbonyl (C=O) groups is 1. The number of hydrogen-bond acceptors (Lipinski definition) is 2. The lowest BCUT2D eigenvalue weighted by atomic mass is 9.80. The van der Waals surface area contributed by atoms with Crippen molar-refractivity contribution in [2.24, 2.45) is 11.8 Å². The molecule has 0 aromatic heterocycles. The number of nitrogens with one attached hydrogen (secondary N) is 2. The van der Waals surface area contributed by atoms with Gasteiger partial charge in [-0.15, -0.1) is 12.4 Å². The molecule has 1 fully saturated rings. The molecule has 116 valence electrons. The Labute approximate surface area is 133 Å². The van der Waals surface area contributed by atoms with E-state index in [0.717, 1.165) is 30.9 Å². The van der Waals surface area contributed by atoms with Crippen LogP contribution in [-0.4, -0.2) is 18.5 Å². The molecule has 1 aromatic rings. The molecular weight excluding hydrogens is 284 g/mol. The lowest BCUT2D eigenvalue weighted by molar-refractivity contribution is 0.0899. The molecule has 3 atom stereocenters. The first-order valence-electron chi connectivity index (χ1n) is 7.81. The second-order valence-corrected chi connectivity index (χ2v) is 6.52. The molecular formula is C17H25ClN2O. The SMILES string of the molecule is CC1CCC(NC(=O)c2ccc3c(c2)CCN3)C(C)C1.Cl. The highest BCUT2D eigenvalue weighted by Crippen LogP contribution is 2.29. The fourth-order valence-corrected chi connectivity index (χ4v) is 3.58. The fourth-order valence-electron chi connectivity index (χ4n) is 3.58. The fraction of sp³-hybridized carbons (Fsp3) is 0.588. The third-order valence-corrected chi connectivity index (χ3v) is 4.83. The van der Waals surface area contributed by atoms with Crippen LogP contribution in [0.3, 0.4) is 0 Å². The van der Waals surface area contributed by atoms with Crippen molar-refractivity contribution in [2.75, 3.05) is 11.9 Å². The summed E-state index contributed by atoms with van der Waals surface area (Å²) in [6.45, 7) is 5.55. The summed E-state index contributed by atoms with van der Waals surface area (Å²) < 4.78 is 0. The number of fused-ring (bicyclic) bond motifs is 1. The van der Waals surface area contributed by atoms with Gasteiger partial charge in [-0.2, -0.15) is 0 Å². The molecule has 0 bridgehead atoms. The quantitative estimate of drug-likeness (QED) is 0.876. The Bertz CT molecular complexity index is 518. The second kappa shape index (κ2) is 6.69. The van der Waals surface area contributed by atoms with Crippen molar-refractivity contribution in [3.8, 4) is 0 Å². The van der Waals surface area contributed by atoms with Crippen LogP contribution < -0.4 is 10.6 Å². The van der Waals surface area contributed by atoms with Crippen molar-refractivity contribution < 1.29 is 4.79 Å². The highest BCUT2D eigenvalue weighted by molar-refractivity contribution is 5.95. The number of hydrogen-bond donors (Lipinski definition) is 2. The maximum absolute atomic E-state index is 12.4. The van der Waals surface area contributed by atoms with Gasteiger partial charge in [-0.05, 0) is 61.3 Å². The van der Waals surface area contributed by atoms with Crippen LogP contribution in [0.15, 0.2) is 18.2 Å². The minimum absolute atomic E-state index is 0. The third kappa shape index (κ3) is 3.52. The molecule has 3 rings (SSSR count). The Morgan fingerprint density at radius 1 is 1.29 bits per heavy atom. The predicted molar refractivity (Wildman–Crippen MR) is 89.3 cm³/mol. The molecule has 1 saturated carbocycles. The van der Waals surface area contributed by atoms with E-state index in [9.17, 15) is 4.79 Å². The van der Waals surface area contributed by atoms with E-state index in [-0.39, 0.29) is 18.3 Å². The first kappa shape index (κ1) is 16.2. The van der Waals surface area contributed by atoms with Gasteiger partial charge in [0.2, 0.25) is 0 Å². The van der Waals surface area contributed by atoms with Gasteiger partial charge in [0.1, 0.15) is 0 Å². The third-order valence-electron chi connectivity index (χ3n) is 4.83. The average Bonchev–Trinajstić information content (AvgIpc) is 2.89. The maximum Gasteiger partial charge on any atom is 0.251 e. The molecule has 2 aliphatic rings. The van der Waals surface area contributed by atoms with E-state index in [4.69, 9.17) is 0 Å². The Morgan fingerprint density at radius 3 is 2.86 bits per heavy atom. The standard InChI is InChI=1S/C17H24N2O.ClH/c1-11-3-5-15(12(2)9-11)19-17(20)14-4-6-16-13(10-14)7-8-18-16;/h4,6,10-12,15,18H,3,5,7-9H2,1-2H3,(H,19,20);1H. The van der Waals surface area contributed by atoms with E-state index in [0.29, 0.717) is 12.0 Å². The Hall–Kier alpha value is -1.22. The largest absolute Gasteiger partial charge is 0.384 e. The van der Waals surface area contributed by atoms with Crippen LogP contribution in [0.5, 0.6) is 0 Å². The zero-order chi connectivity index (χ0) is 14.1. The monoisotopic (exact) mass is 308 g/mol. The number of anilines is 1. The molecule has 1 aromatic carbocycles. The summed E-state index contributed by atoms with van der Waals surface area (Å²) in [5.74, 6) is 1.47. The maximum atomic E-state index is 12.4. The normalized spacial score (nSPS) is 27.2. The van der Waals surface area contributed by atoms with Crippen LogP contribution in [0, 0.1) is 11.8 Å². The molecule has 1 heterocycles. The van der Waals surface area contributed by atoms with E-state index in [1.165, 1.54) is 24.1 Å². The molecule has 1 amide bonds. The van der Waals surface area contributed by atoms with Gasteiger partial charge in [0.05, 0.1) is 0 Å². The highest BCUT2D eigenvalue weighted by atomic mass is 35.5. The van der Waals surface area contributed by atoms with Crippen molar-refractivity contribution in [2.45, 2.75) is 45.6 Å². The summed E-state index contributed by atoms with van der Waals surface area (Å²) in [5, 5.41) is 6.57. The summed E-state index contributed by atoms with van der Waals surface area (Å²) in [4.78, 5) is 12.4. The van der Waals surface area contributed by atoms with Crippen LogP contribution in [0.1, 0.15) is 49.0 Å². The lowest BCUT2D eigenvalue weighted by Crippen LogP contribution is -2.42. The molecule has 3 nitrogen and oxygen atoms in total. The van der Waals surface area contributed by atoms with E-state index in [1.807, 2.05) is 18.2 Å². The van der Waals surface area contributed by atoms with E-state index in [1.54, 1.807) is 0 Å². The Balaban J connectivity index is 0.00000161. The summed E-state index contributed by atoms with van der Waals surface area (Å²) in [7, 11) is 0. The predicted octanol–water partition coefficient (Wildman–Crippen LogP) is 3.63. The van der Waals surface area contributed by atoms with Crippen LogP contribution >= 0.6 is 12.4 Å². The average molecular weight is 309 g/mol. The molecule has 3 unspecified atom stereocenters. The van der Waals surface area contributed by atoms with Gasteiger partial charge in [-0.3, -0.25) is 4.79 Å². The second-order valence-electron chi connectivity index (χ2n) is 6.52. The first-order chi connectivity index (χ1) is 9.63. The van der Waals surface area contributed by atoms with Gasteiger partial charge >= 0.3 is 0 Å². The molecule has 21 heavy (non-hydrogen) atoms. The van der Waals surface area contributed by atoms with E-state index < -0.39 is 0 Å². The number of amides is 1. The number of halogens is 1. The van der Waals surface area contributed by atoms with Crippen LogP contribution in [0.2, 0.25) is 0 Å². The van der Waals surface area contributed by atoms with Gasteiger partial charge in [0.25, 0.3) is 5.91 Å². The van der Waals surface area contributed by atoms with Crippen LogP contribution in [0.4, 0.5) is 5.69 Å². The minimum atomic E-state index is 0. The zero-order valence-electron chi connectivity index (χ0n) is 12.8. The lowest BCUT2D eigenvalue weighted by Gasteiger charge is -2.33. The topological polar surface area (TPSA) is 41.1 Å². The van der Waals surface area contributed by atoms with Crippen molar-refractivity contribution in [3.05, 3.63) is 29.3 Å². The van der Waals surface area contributed by atoms with Crippen molar-refractivity contribution in [1.29, 1.82) is 0 Å². The van der Waals surface area contributed by atoms with Crippen LogP contribution in [0.25, 0.3) is 0 Å². The summed E-state index contributed by atoms with van der Waals surface area (Å²) in [6.07, 6.45) is 4.58. The summed E-state index contributed by atoms with van der Waals surface area (Å²) in [5.41, 5.74) is 3.25. The van der Waals surface area contributed by atoms with Gasteiger partial charge in [0.15, 0.2) is 0 Å².